The summed E-state index contributed by atoms with van der Waals surface area (Å²) in [6, 6.07) is 0. The number of hydrogen-bond acceptors (Lipinski definition) is 3. The Morgan fingerprint density at radius 2 is 1.73 bits per heavy atom. The van der Waals surface area contributed by atoms with Gasteiger partial charge in [0.05, 0.1) is 0 Å². The molecule has 0 unspecified atom stereocenters. The third-order valence-corrected chi connectivity index (χ3v) is 3.97. The van der Waals surface area contributed by atoms with Gasteiger partial charge in [-0.3, -0.25) is 0 Å². The average molecular weight is 244 g/mol. The van der Waals surface area contributed by atoms with E-state index in [4.69, 9.17) is 0 Å². The van der Waals surface area contributed by atoms with Gasteiger partial charge < -0.3 is 0 Å². The van der Waals surface area contributed by atoms with E-state index in [2.05, 4.69) is 61.2 Å². The lowest BCUT2D eigenvalue weighted by atomic mass is 9.98. The molecule has 0 fully saturated rings. The van der Waals surface area contributed by atoms with E-state index in [-0.39, 0.29) is 5.41 Å². The molecular weight excluding hydrogens is 224 g/mol. The fraction of sp³-hybridized carbons (Fsp3) is 0.636. The molecule has 1 rings (SSSR count). The van der Waals surface area contributed by atoms with Crippen molar-refractivity contribution in [1.82, 2.24) is 10.2 Å². The Labute approximate surface area is 98.1 Å². The van der Waals surface area contributed by atoms with E-state index in [1.165, 1.54) is 0 Å². The average Bonchev–Trinajstić information content (AvgIpc) is 2.45. The summed E-state index contributed by atoms with van der Waals surface area (Å²) in [5.41, 5.74) is 0.109. The van der Waals surface area contributed by atoms with Crippen molar-refractivity contribution in [1.29, 1.82) is 0 Å². The van der Waals surface area contributed by atoms with Gasteiger partial charge in [0.25, 0.3) is 0 Å². The Morgan fingerprint density at radius 3 is 2.13 bits per heavy atom. The van der Waals surface area contributed by atoms with Crippen LogP contribution in [0.3, 0.4) is 0 Å². The second-order valence-corrected chi connectivity index (χ2v) is 10.6. The molecule has 0 aliphatic rings. The molecule has 1 heterocycles. The molecule has 0 aliphatic heterocycles. The maximum absolute atomic E-state index is 4.21. The summed E-state index contributed by atoms with van der Waals surface area (Å²) in [6.07, 6.45) is 8.88. The Morgan fingerprint density at radius 1 is 1.13 bits per heavy atom. The number of aromatic nitrogens is 2. The fourth-order valence-electron chi connectivity index (χ4n) is 0.867. The van der Waals surface area contributed by atoms with Gasteiger partial charge >= 0.3 is 0 Å². The molecule has 2 nitrogen and oxygen atoms in total. The lowest BCUT2D eigenvalue weighted by molar-refractivity contribution is 0.578. The second-order valence-electron chi connectivity index (χ2n) is 5.43. The van der Waals surface area contributed by atoms with Crippen molar-refractivity contribution < 1.29 is 0 Å². The zero-order valence-electron chi connectivity index (χ0n) is 10.4. The highest BCUT2D eigenvalue weighted by molar-refractivity contribution is 8.34. The van der Waals surface area contributed by atoms with Crippen LogP contribution in [0.1, 0.15) is 30.8 Å². The van der Waals surface area contributed by atoms with Gasteiger partial charge in [-0.05, 0) is 30.3 Å². The quantitative estimate of drug-likeness (QED) is 0.796. The first kappa shape index (κ1) is 12.7. The largest absolute Gasteiger partial charge is 0.230 e. The molecule has 0 bridgehead atoms. The van der Waals surface area contributed by atoms with Crippen molar-refractivity contribution >= 4 is 27.4 Å². The molecule has 0 radical (unpaired) electrons. The van der Waals surface area contributed by atoms with Crippen LogP contribution in [0.25, 0.3) is 6.08 Å². The maximum Gasteiger partial charge on any atom is 0.141 e. The van der Waals surface area contributed by atoms with Crippen LogP contribution < -0.4 is 0 Å². The van der Waals surface area contributed by atoms with Crippen LogP contribution in [0.4, 0.5) is 0 Å². The van der Waals surface area contributed by atoms with E-state index in [1.807, 2.05) is 0 Å². The minimum atomic E-state index is -0.590. The molecule has 0 spiro atoms. The van der Waals surface area contributed by atoms with E-state index in [1.54, 1.807) is 11.3 Å². The van der Waals surface area contributed by atoms with Crippen molar-refractivity contribution in [2.75, 3.05) is 18.8 Å². The van der Waals surface area contributed by atoms with Gasteiger partial charge in [0.15, 0.2) is 0 Å². The van der Waals surface area contributed by atoms with Gasteiger partial charge in [-0.25, -0.2) is 10.0 Å². The summed E-state index contributed by atoms with van der Waals surface area (Å²) in [6.45, 7) is 6.49. The van der Waals surface area contributed by atoms with E-state index in [0.29, 0.717) is 0 Å². The van der Waals surface area contributed by atoms with E-state index in [0.717, 1.165) is 10.0 Å². The zero-order chi connectivity index (χ0) is 11.7. The van der Waals surface area contributed by atoms with Gasteiger partial charge in [-0.2, -0.15) is 0 Å². The van der Waals surface area contributed by atoms with E-state index < -0.39 is 10.0 Å². The predicted molar refractivity (Wildman–Crippen MR) is 73.0 cm³/mol. The predicted octanol–water partition coefficient (Wildman–Crippen LogP) is 3.50. The van der Waals surface area contributed by atoms with Crippen LogP contribution in [0.2, 0.25) is 0 Å². The van der Waals surface area contributed by atoms with Crippen molar-refractivity contribution in [3.63, 3.8) is 0 Å². The minimum absolute atomic E-state index is 0.109. The maximum atomic E-state index is 4.21. The SMILES string of the molecule is CC(C)(C)c1nnc(/C=C/S(C)(C)C)s1. The molecule has 1 aromatic rings. The van der Waals surface area contributed by atoms with Crippen LogP contribution in [0, 0.1) is 0 Å². The first-order valence-electron chi connectivity index (χ1n) is 4.89. The Bertz CT molecular complexity index is 353. The van der Waals surface area contributed by atoms with Crippen LogP contribution in [0.5, 0.6) is 0 Å². The molecule has 4 heteroatoms. The van der Waals surface area contributed by atoms with E-state index in [9.17, 15) is 0 Å². The normalized spacial score (nSPS) is 14.8. The van der Waals surface area contributed by atoms with Gasteiger partial charge in [0, 0.05) is 5.41 Å². The van der Waals surface area contributed by atoms with Crippen molar-refractivity contribution in [3.05, 3.63) is 15.4 Å². The molecular formula is C11H20N2S2. The monoisotopic (exact) mass is 244 g/mol. The number of hydrogen-bond donors (Lipinski definition) is 0. The topological polar surface area (TPSA) is 25.8 Å². The molecule has 0 aliphatic carbocycles. The Kier molecular flexibility index (Phi) is 3.61. The highest BCUT2D eigenvalue weighted by Crippen LogP contribution is 2.37. The van der Waals surface area contributed by atoms with E-state index >= 15 is 0 Å². The van der Waals surface area contributed by atoms with Gasteiger partial charge in [0.1, 0.15) is 10.0 Å². The molecule has 1 aromatic heterocycles. The van der Waals surface area contributed by atoms with Crippen molar-refractivity contribution in [2.45, 2.75) is 26.2 Å². The third kappa shape index (κ3) is 4.34. The highest BCUT2D eigenvalue weighted by Gasteiger charge is 2.18. The van der Waals surface area contributed by atoms with Gasteiger partial charge in [-0.1, -0.05) is 32.1 Å². The summed E-state index contributed by atoms with van der Waals surface area (Å²) in [4.78, 5) is 0. The van der Waals surface area contributed by atoms with Crippen molar-refractivity contribution in [2.24, 2.45) is 0 Å². The Balaban J connectivity index is 2.82. The van der Waals surface area contributed by atoms with Crippen LogP contribution in [0.15, 0.2) is 5.41 Å². The lowest BCUT2D eigenvalue weighted by Crippen LogP contribution is -2.10. The molecule has 0 saturated carbocycles. The fourth-order valence-corrected chi connectivity index (χ4v) is 2.29. The molecule has 0 N–H and O–H groups in total. The molecule has 0 amide bonds. The molecule has 0 atom stereocenters. The summed E-state index contributed by atoms with van der Waals surface area (Å²) >= 11 is 1.68. The smallest absolute Gasteiger partial charge is 0.141 e. The standard InChI is InChI=1S/C11H20N2S2/c1-11(2,3)10-13-12-9(14-10)7-8-15(4,5)6/h7-8H,1-6H3/b8-7+. The van der Waals surface area contributed by atoms with Crippen molar-refractivity contribution in [3.8, 4) is 0 Å². The lowest BCUT2D eigenvalue weighted by Gasteiger charge is -2.18. The first-order valence-corrected chi connectivity index (χ1v) is 8.63. The molecule has 86 valence electrons. The minimum Gasteiger partial charge on any atom is -0.230 e. The Hall–Kier alpha value is -0.350. The highest BCUT2D eigenvalue weighted by atomic mass is 32.3. The summed E-state index contributed by atoms with van der Waals surface area (Å²) in [7, 11) is -0.590. The molecule has 0 aromatic carbocycles. The molecule has 15 heavy (non-hydrogen) atoms. The number of rotatable bonds is 2. The first-order chi connectivity index (χ1) is 6.68. The summed E-state index contributed by atoms with van der Waals surface area (Å²) in [5, 5.41) is 12.8. The summed E-state index contributed by atoms with van der Waals surface area (Å²) in [5.74, 6) is 0. The molecule has 0 saturated heterocycles. The second kappa shape index (κ2) is 4.26. The zero-order valence-corrected chi connectivity index (χ0v) is 12.0. The third-order valence-electron chi connectivity index (χ3n) is 1.70. The van der Waals surface area contributed by atoms with Crippen LogP contribution in [-0.2, 0) is 5.41 Å². The number of nitrogens with zero attached hydrogens (tertiary/aromatic N) is 2. The van der Waals surface area contributed by atoms with Crippen LogP contribution in [-0.4, -0.2) is 29.0 Å². The van der Waals surface area contributed by atoms with Gasteiger partial charge in [-0.15, -0.1) is 10.2 Å². The van der Waals surface area contributed by atoms with Crippen LogP contribution >= 0.6 is 21.4 Å². The van der Waals surface area contributed by atoms with Gasteiger partial charge in [0.2, 0.25) is 0 Å². The summed E-state index contributed by atoms with van der Waals surface area (Å²) < 4.78 is 0.